The molecule has 6 nitrogen and oxygen atoms in total. The number of nitrogens with one attached hydrogen (secondary N) is 2. The van der Waals surface area contributed by atoms with Crippen LogP contribution in [-0.2, 0) is 16.1 Å². The Kier molecular flexibility index (Phi) is 3.97. The van der Waals surface area contributed by atoms with E-state index in [-0.39, 0.29) is 25.5 Å². The third-order valence-electron chi connectivity index (χ3n) is 2.96. The Bertz CT molecular complexity index is 558. The Morgan fingerprint density at radius 1 is 1.45 bits per heavy atom. The Morgan fingerprint density at radius 2 is 2.20 bits per heavy atom. The number of halogens is 1. The van der Waals surface area contributed by atoms with Gasteiger partial charge >= 0.3 is 6.03 Å². The molecule has 1 heterocycles. The molecule has 0 atom stereocenters. The second-order valence-corrected chi connectivity index (χ2v) is 4.50. The maximum atomic E-state index is 13.3. The number of carbonyl (C=O) groups excluding carboxylic acids is 3. The summed E-state index contributed by atoms with van der Waals surface area (Å²) in [5.74, 6) is -1.26. The van der Waals surface area contributed by atoms with Crippen molar-refractivity contribution in [2.45, 2.75) is 13.5 Å². The standard InChI is InChI=1S/C13H14FN3O3/c1-8-2-3-9(4-10(8)14)5-15-11(18)7-17-12(19)6-16-13(17)20/h2-4H,5-7H2,1H3,(H,15,18)(H,16,20). The van der Waals surface area contributed by atoms with E-state index in [2.05, 4.69) is 10.6 Å². The van der Waals surface area contributed by atoms with E-state index >= 15 is 0 Å². The molecule has 1 aromatic rings. The van der Waals surface area contributed by atoms with Gasteiger partial charge in [-0.25, -0.2) is 9.18 Å². The molecule has 2 rings (SSSR count). The highest BCUT2D eigenvalue weighted by Gasteiger charge is 2.29. The van der Waals surface area contributed by atoms with Crippen LogP contribution in [0, 0.1) is 12.7 Å². The zero-order chi connectivity index (χ0) is 14.7. The number of hydrogen-bond donors (Lipinski definition) is 2. The van der Waals surface area contributed by atoms with Crippen molar-refractivity contribution < 1.29 is 18.8 Å². The maximum Gasteiger partial charge on any atom is 0.325 e. The Labute approximate surface area is 114 Å². The van der Waals surface area contributed by atoms with Crippen LogP contribution < -0.4 is 10.6 Å². The second-order valence-electron chi connectivity index (χ2n) is 4.50. The van der Waals surface area contributed by atoms with Gasteiger partial charge in [-0.05, 0) is 24.1 Å². The molecule has 0 radical (unpaired) electrons. The molecule has 2 N–H and O–H groups in total. The number of carbonyl (C=O) groups is 3. The molecule has 0 bridgehead atoms. The topological polar surface area (TPSA) is 78.5 Å². The van der Waals surface area contributed by atoms with Gasteiger partial charge in [-0.3, -0.25) is 14.5 Å². The molecule has 0 aliphatic carbocycles. The summed E-state index contributed by atoms with van der Waals surface area (Å²) in [5, 5.41) is 4.85. The van der Waals surface area contributed by atoms with Crippen molar-refractivity contribution >= 4 is 17.8 Å². The van der Waals surface area contributed by atoms with E-state index < -0.39 is 17.8 Å². The number of benzene rings is 1. The average molecular weight is 279 g/mol. The van der Waals surface area contributed by atoms with Crippen LogP contribution >= 0.6 is 0 Å². The lowest BCUT2D eigenvalue weighted by Gasteiger charge is -2.12. The first-order chi connectivity index (χ1) is 9.47. The molecule has 0 spiro atoms. The van der Waals surface area contributed by atoms with Gasteiger partial charge in [0.2, 0.25) is 5.91 Å². The smallest absolute Gasteiger partial charge is 0.325 e. The summed E-state index contributed by atoms with van der Waals surface area (Å²) in [6.07, 6.45) is 0. The fourth-order valence-electron chi connectivity index (χ4n) is 1.76. The van der Waals surface area contributed by atoms with Crippen LogP contribution in [0.3, 0.4) is 0 Å². The molecule has 1 saturated heterocycles. The minimum absolute atomic E-state index is 0.0880. The summed E-state index contributed by atoms with van der Waals surface area (Å²) < 4.78 is 13.3. The monoisotopic (exact) mass is 279 g/mol. The Morgan fingerprint density at radius 3 is 2.80 bits per heavy atom. The molecular formula is C13H14FN3O3. The average Bonchev–Trinajstić information content (AvgIpc) is 2.72. The zero-order valence-corrected chi connectivity index (χ0v) is 10.9. The maximum absolute atomic E-state index is 13.3. The largest absolute Gasteiger partial charge is 0.350 e. The number of imide groups is 1. The first-order valence-corrected chi connectivity index (χ1v) is 6.07. The highest BCUT2D eigenvalue weighted by atomic mass is 19.1. The molecule has 1 aliphatic rings. The van der Waals surface area contributed by atoms with Crippen LogP contribution in [0.5, 0.6) is 0 Å². The summed E-state index contributed by atoms with van der Waals surface area (Å²) in [5.41, 5.74) is 1.14. The normalized spacial score (nSPS) is 14.4. The van der Waals surface area contributed by atoms with Crippen molar-refractivity contribution in [1.82, 2.24) is 15.5 Å². The van der Waals surface area contributed by atoms with Crippen molar-refractivity contribution in [2.75, 3.05) is 13.1 Å². The molecule has 0 unspecified atom stereocenters. The first kappa shape index (κ1) is 14.0. The summed E-state index contributed by atoms with van der Waals surface area (Å²) in [6.45, 7) is 1.36. The van der Waals surface area contributed by atoms with Crippen LogP contribution in [-0.4, -0.2) is 35.8 Å². The van der Waals surface area contributed by atoms with Crippen LogP contribution in [0.1, 0.15) is 11.1 Å². The molecule has 1 aromatic carbocycles. The van der Waals surface area contributed by atoms with E-state index in [0.717, 1.165) is 4.90 Å². The van der Waals surface area contributed by atoms with Crippen molar-refractivity contribution in [3.63, 3.8) is 0 Å². The van der Waals surface area contributed by atoms with Gasteiger partial charge in [0, 0.05) is 6.54 Å². The quantitative estimate of drug-likeness (QED) is 0.778. The fraction of sp³-hybridized carbons (Fsp3) is 0.308. The molecule has 1 fully saturated rings. The summed E-state index contributed by atoms with van der Waals surface area (Å²) in [4.78, 5) is 35.0. The SMILES string of the molecule is Cc1ccc(CNC(=O)CN2C(=O)CNC2=O)cc1F. The zero-order valence-electron chi connectivity index (χ0n) is 10.9. The van der Waals surface area contributed by atoms with Gasteiger partial charge in [-0.15, -0.1) is 0 Å². The first-order valence-electron chi connectivity index (χ1n) is 6.07. The van der Waals surface area contributed by atoms with E-state index in [1.165, 1.54) is 6.07 Å². The van der Waals surface area contributed by atoms with Gasteiger partial charge in [-0.2, -0.15) is 0 Å². The second kappa shape index (κ2) is 5.68. The van der Waals surface area contributed by atoms with Crippen LogP contribution in [0.4, 0.5) is 9.18 Å². The van der Waals surface area contributed by atoms with Crippen LogP contribution in [0.15, 0.2) is 18.2 Å². The number of aryl methyl sites for hydroxylation is 1. The fourth-order valence-corrected chi connectivity index (χ4v) is 1.76. The number of amides is 4. The van der Waals surface area contributed by atoms with Gasteiger partial charge in [0.1, 0.15) is 12.4 Å². The lowest BCUT2D eigenvalue weighted by Crippen LogP contribution is -2.40. The van der Waals surface area contributed by atoms with Crippen molar-refractivity contribution in [1.29, 1.82) is 0 Å². The van der Waals surface area contributed by atoms with Crippen LogP contribution in [0.2, 0.25) is 0 Å². The van der Waals surface area contributed by atoms with Gasteiger partial charge < -0.3 is 10.6 Å². The number of nitrogens with zero attached hydrogens (tertiary/aromatic N) is 1. The van der Waals surface area contributed by atoms with Crippen LogP contribution in [0.25, 0.3) is 0 Å². The summed E-state index contributed by atoms with van der Waals surface area (Å²) in [7, 11) is 0. The highest BCUT2D eigenvalue weighted by molar-refractivity contribution is 6.04. The number of hydrogen-bond acceptors (Lipinski definition) is 3. The lowest BCUT2D eigenvalue weighted by atomic mass is 10.1. The summed E-state index contributed by atoms with van der Waals surface area (Å²) in [6, 6.07) is 4.08. The molecule has 20 heavy (non-hydrogen) atoms. The molecule has 4 amide bonds. The molecule has 0 saturated carbocycles. The van der Waals surface area contributed by atoms with Crippen molar-refractivity contribution in [3.05, 3.63) is 35.1 Å². The van der Waals surface area contributed by atoms with E-state index in [0.29, 0.717) is 11.1 Å². The van der Waals surface area contributed by atoms with Gasteiger partial charge in [0.25, 0.3) is 5.91 Å². The lowest BCUT2D eigenvalue weighted by molar-refractivity contribution is -0.130. The predicted molar refractivity (Wildman–Crippen MR) is 68.1 cm³/mol. The van der Waals surface area contributed by atoms with Gasteiger partial charge in [0.15, 0.2) is 0 Å². The van der Waals surface area contributed by atoms with Gasteiger partial charge in [-0.1, -0.05) is 12.1 Å². The van der Waals surface area contributed by atoms with Gasteiger partial charge in [0.05, 0.1) is 6.54 Å². The molecule has 0 aromatic heterocycles. The van der Waals surface area contributed by atoms with E-state index in [9.17, 15) is 18.8 Å². The van der Waals surface area contributed by atoms with Crippen molar-refractivity contribution in [3.8, 4) is 0 Å². The molecule has 7 heteroatoms. The minimum Gasteiger partial charge on any atom is -0.350 e. The third-order valence-corrected chi connectivity index (χ3v) is 2.96. The third kappa shape index (κ3) is 3.11. The van der Waals surface area contributed by atoms with Crippen molar-refractivity contribution in [2.24, 2.45) is 0 Å². The van der Waals surface area contributed by atoms with E-state index in [1.807, 2.05) is 0 Å². The van der Waals surface area contributed by atoms with E-state index in [1.54, 1.807) is 19.1 Å². The molecular weight excluding hydrogens is 265 g/mol. The number of rotatable bonds is 4. The highest BCUT2D eigenvalue weighted by Crippen LogP contribution is 2.08. The van der Waals surface area contributed by atoms with E-state index in [4.69, 9.17) is 0 Å². The molecule has 1 aliphatic heterocycles. The summed E-state index contributed by atoms with van der Waals surface area (Å²) >= 11 is 0. The Balaban J connectivity index is 1.87. The number of urea groups is 1. The minimum atomic E-state index is -0.577. The Hall–Kier alpha value is -2.44. The molecule has 106 valence electrons. The predicted octanol–water partition coefficient (Wildman–Crippen LogP) is 0.302.